The van der Waals surface area contributed by atoms with Gasteiger partial charge in [0.25, 0.3) is 0 Å². The number of aromatic amines is 1. The Morgan fingerprint density at radius 1 is 1.10 bits per heavy atom. The topological polar surface area (TPSA) is 94.6 Å². The fourth-order valence-corrected chi connectivity index (χ4v) is 4.01. The molecule has 1 aliphatic rings. The van der Waals surface area contributed by atoms with Crippen LogP contribution in [0.15, 0.2) is 60.9 Å². The van der Waals surface area contributed by atoms with Crippen molar-refractivity contribution in [2.75, 3.05) is 18.0 Å². The summed E-state index contributed by atoms with van der Waals surface area (Å²) >= 11 is 0. The van der Waals surface area contributed by atoms with Crippen LogP contribution in [0.5, 0.6) is 0 Å². The third-order valence-corrected chi connectivity index (χ3v) is 5.41. The molecule has 6 heteroatoms. The number of hydrogen-bond donors (Lipinski definition) is 2. The zero-order valence-electron chi connectivity index (χ0n) is 15.8. The highest BCUT2D eigenvalue weighted by atomic mass is 15.2. The van der Waals surface area contributed by atoms with Crippen molar-refractivity contribution in [1.82, 2.24) is 15.0 Å². The summed E-state index contributed by atoms with van der Waals surface area (Å²) in [5.74, 6) is 0.785. The molecule has 1 atom stereocenters. The van der Waals surface area contributed by atoms with Crippen LogP contribution in [0.1, 0.15) is 12.0 Å². The molecule has 4 aromatic rings. The number of hydrogen-bond acceptors (Lipinski definition) is 5. The van der Waals surface area contributed by atoms with E-state index in [9.17, 15) is 5.26 Å². The van der Waals surface area contributed by atoms with Gasteiger partial charge in [-0.2, -0.15) is 5.26 Å². The minimum absolute atomic E-state index is 0.144. The number of nitrogens with zero attached hydrogens (tertiary/aromatic N) is 4. The van der Waals surface area contributed by atoms with Crippen LogP contribution >= 0.6 is 0 Å². The minimum Gasteiger partial charge on any atom is -0.369 e. The molecular formula is C23H20N6. The van der Waals surface area contributed by atoms with E-state index in [0.29, 0.717) is 5.56 Å². The quantitative estimate of drug-likeness (QED) is 0.565. The maximum atomic E-state index is 9.33. The molecule has 2 aromatic carbocycles. The number of nitriles is 1. The average Bonchev–Trinajstić information content (AvgIpc) is 3.39. The maximum absolute atomic E-state index is 9.33. The number of nitrogens with one attached hydrogen (secondary N) is 1. The predicted octanol–water partition coefficient (Wildman–Crippen LogP) is 3.70. The summed E-state index contributed by atoms with van der Waals surface area (Å²) in [5.41, 5.74) is 12.7. The molecular weight excluding hydrogens is 360 g/mol. The van der Waals surface area contributed by atoms with Crippen molar-refractivity contribution < 1.29 is 0 Å². The molecule has 0 aliphatic carbocycles. The van der Waals surface area contributed by atoms with Gasteiger partial charge in [0.1, 0.15) is 5.82 Å². The Hall–Kier alpha value is -3.69. The zero-order chi connectivity index (χ0) is 19.8. The highest BCUT2D eigenvalue weighted by molar-refractivity contribution is 5.91. The first-order chi connectivity index (χ1) is 14.2. The molecule has 0 saturated carbocycles. The summed E-state index contributed by atoms with van der Waals surface area (Å²) in [6.07, 6.45) is 4.66. The molecule has 1 saturated heterocycles. The highest BCUT2D eigenvalue weighted by Gasteiger charge is 2.26. The van der Waals surface area contributed by atoms with Crippen LogP contribution in [0.3, 0.4) is 0 Å². The second-order valence-corrected chi connectivity index (χ2v) is 7.37. The molecule has 1 fully saturated rings. The Morgan fingerprint density at radius 2 is 1.97 bits per heavy atom. The van der Waals surface area contributed by atoms with Gasteiger partial charge < -0.3 is 15.6 Å². The van der Waals surface area contributed by atoms with Gasteiger partial charge in [-0.05, 0) is 36.2 Å². The smallest absolute Gasteiger partial charge is 0.142 e. The van der Waals surface area contributed by atoms with Crippen molar-refractivity contribution in [2.24, 2.45) is 5.73 Å². The Kier molecular flexibility index (Phi) is 4.23. The van der Waals surface area contributed by atoms with E-state index < -0.39 is 0 Å². The maximum Gasteiger partial charge on any atom is 0.142 e. The molecule has 5 rings (SSSR count). The number of para-hydroxylation sites is 2. The van der Waals surface area contributed by atoms with Gasteiger partial charge >= 0.3 is 0 Å². The lowest BCUT2D eigenvalue weighted by Crippen LogP contribution is -2.27. The Labute approximate surface area is 168 Å². The molecule has 3 heterocycles. The fourth-order valence-electron chi connectivity index (χ4n) is 4.01. The molecule has 29 heavy (non-hydrogen) atoms. The fraction of sp³-hybridized carbons (Fsp3) is 0.174. The van der Waals surface area contributed by atoms with E-state index in [1.807, 2.05) is 60.9 Å². The first-order valence-corrected chi connectivity index (χ1v) is 9.67. The summed E-state index contributed by atoms with van der Waals surface area (Å²) in [6, 6.07) is 18.0. The SMILES string of the molecule is N#Cc1cccc(-c2cncc(-c3nc4ccccc4[nH]3)c2N2CC[C@H](N)C2)c1. The third kappa shape index (κ3) is 3.12. The summed E-state index contributed by atoms with van der Waals surface area (Å²) in [5, 5.41) is 9.33. The summed E-state index contributed by atoms with van der Waals surface area (Å²) in [4.78, 5) is 15.0. The normalized spacial score (nSPS) is 16.3. The van der Waals surface area contributed by atoms with E-state index in [1.165, 1.54) is 0 Å². The van der Waals surface area contributed by atoms with Crippen molar-refractivity contribution in [1.29, 1.82) is 5.26 Å². The van der Waals surface area contributed by atoms with E-state index >= 15 is 0 Å². The van der Waals surface area contributed by atoms with E-state index in [-0.39, 0.29) is 6.04 Å². The summed E-state index contributed by atoms with van der Waals surface area (Å²) in [6.45, 7) is 1.66. The number of fused-ring (bicyclic) bond motifs is 1. The highest BCUT2D eigenvalue weighted by Crippen LogP contribution is 2.39. The van der Waals surface area contributed by atoms with Crippen LogP contribution in [-0.4, -0.2) is 34.1 Å². The second kappa shape index (κ2) is 7.04. The van der Waals surface area contributed by atoms with Crippen LogP contribution in [0, 0.1) is 11.3 Å². The summed E-state index contributed by atoms with van der Waals surface area (Å²) in [7, 11) is 0. The zero-order valence-corrected chi connectivity index (χ0v) is 15.8. The van der Waals surface area contributed by atoms with Gasteiger partial charge in [0.05, 0.1) is 33.9 Å². The van der Waals surface area contributed by atoms with Gasteiger partial charge in [-0.15, -0.1) is 0 Å². The van der Waals surface area contributed by atoms with E-state index in [1.54, 1.807) is 0 Å². The van der Waals surface area contributed by atoms with Crippen molar-refractivity contribution in [3.05, 3.63) is 66.5 Å². The van der Waals surface area contributed by atoms with E-state index in [2.05, 4.69) is 20.9 Å². The molecule has 6 nitrogen and oxygen atoms in total. The number of imidazole rings is 1. The summed E-state index contributed by atoms with van der Waals surface area (Å²) < 4.78 is 0. The molecule has 0 unspecified atom stereocenters. The van der Waals surface area contributed by atoms with Crippen LogP contribution in [0.4, 0.5) is 5.69 Å². The Bertz CT molecular complexity index is 1200. The van der Waals surface area contributed by atoms with Crippen molar-refractivity contribution >= 4 is 16.7 Å². The number of benzene rings is 2. The predicted molar refractivity (Wildman–Crippen MR) is 114 cm³/mol. The Balaban J connectivity index is 1.73. The number of H-pyrrole nitrogens is 1. The van der Waals surface area contributed by atoms with Crippen molar-refractivity contribution in [2.45, 2.75) is 12.5 Å². The van der Waals surface area contributed by atoms with Crippen LogP contribution in [0.25, 0.3) is 33.5 Å². The number of pyridine rings is 1. The lowest BCUT2D eigenvalue weighted by molar-refractivity contribution is 0.752. The largest absolute Gasteiger partial charge is 0.369 e. The average molecular weight is 380 g/mol. The monoisotopic (exact) mass is 380 g/mol. The van der Waals surface area contributed by atoms with E-state index in [0.717, 1.165) is 58.7 Å². The van der Waals surface area contributed by atoms with E-state index in [4.69, 9.17) is 10.7 Å². The molecule has 3 N–H and O–H groups in total. The van der Waals surface area contributed by atoms with Crippen LogP contribution in [0.2, 0.25) is 0 Å². The molecule has 0 amide bonds. The lowest BCUT2D eigenvalue weighted by atomic mass is 10.00. The first-order valence-electron chi connectivity index (χ1n) is 9.67. The van der Waals surface area contributed by atoms with Gasteiger partial charge in [0, 0.05) is 37.1 Å². The Morgan fingerprint density at radius 3 is 2.76 bits per heavy atom. The standard InChI is InChI=1S/C23H20N6/c24-11-15-4-3-5-16(10-15)18-12-26-13-19(22(18)29-9-8-17(25)14-29)23-27-20-6-1-2-7-21(20)28-23/h1-7,10,12-13,17H,8-9,14,25H2,(H,27,28)/t17-/m0/s1. The number of anilines is 1. The number of nitrogens with two attached hydrogens (primary N) is 1. The molecule has 0 spiro atoms. The molecule has 0 radical (unpaired) electrons. The van der Waals surface area contributed by atoms with Crippen molar-refractivity contribution in [3.63, 3.8) is 0 Å². The molecule has 2 aromatic heterocycles. The van der Waals surface area contributed by atoms with Crippen LogP contribution in [-0.2, 0) is 0 Å². The third-order valence-electron chi connectivity index (χ3n) is 5.41. The number of aromatic nitrogens is 3. The van der Waals surface area contributed by atoms with Crippen molar-refractivity contribution in [3.8, 4) is 28.6 Å². The minimum atomic E-state index is 0.144. The first kappa shape index (κ1) is 17.4. The second-order valence-electron chi connectivity index (χ2n) is 7.37. The molecule has 142 valence electrons. The van der Waals surface area contributed by atoms with Crippen LogP contribution < -0.4 is 10.6 Å². The van der Waals surface area contributed by atoms with Gasteiger partial charge in [0.15, 0.2) is 0 Å². The van der Waals surface area contributed by atoms with Gasteiger partial charge in [-0.1, -0.05) is 24.3 Å². The molecule has 1 aliphatic heterocycles. The van der Waals surface area contributed by atoms with Gasteiger partial charge in [-0.3, -0.25) is 4.98 Å². The van der Waals surface area contributed by atoms with Gasteiger partial charge in [0.2, 0.25) is 0 Å². The lowest BCUT2D eigenvalue weighted by Gasteiger charge is -2.24. The molecule has 0 bridgehead atoms. The van der Waals surface area contributed by atoms with Gasteiger partial charge in [-0.25, -0.2) is 4.98 Å². The number of rotatable bonds is 3.